The lowest BCUT2D eigenvalue weighted by atomic mass is 9.73. The fourth-order valence-corrected chi connectivity index (χ4v) is 3.85. The number of hydrogen-bond donors (Lipinski definition) is 0. The van der Waals surface area contributed by atoms with E-state index in [1.54, 1.807) is 7.11 Å². The van der Waals surface area contributed by atoms with Crippen LogP contribution in [-0.2, 0) is 9.47 Å². The Kier molecular flexibility index (Phi) is 5.50. The van der Waals surface area contributed by atoms with Crippen LogP contribution in [0.1, 0.15) is 52.4 Å². The van der Waals surface area contributed by atoms with E-state index in [0.29, 0.717) is 17.6 Å². The molecule has 2 atom stereocenters. The van der Waals surface area contributed by atoms with Crippen molar-refractivity contribution >= 4 is 0 Å². The van der Waals surface area contributed by atoms with Crippen LogP contribution in [0.3, 0.4) is 0 Å². The fourth-order valence-electron chi connectivity index (χ4n) is 3.85. The Morgan fingerprint density at radius 3 is 2.35 bits per heavy atom. The van der Waals surface area contributed by atoms with Crippen LogP contribution in [-0.4, -0.2) is 44.4 Å². The SMILES string of the molecule is CCC1(CC)CCN(C2CC(OC)CC=C2OC)CC1. The predicted octanol–water partition coefficient (Wildman–Crippen LogP) is 3.60. The van der Waals surface area contributed by atoms with Crippen molar-refractivity contribution in [3.63, 3.8) is 0 Å². The Labute approximate surface area is 124 Å². The molecule has 0 N–H and O–H groups in total. The number of hydrogen-bond acceptors (Lipinski definition) is 3. The zero-order valence-corrected chi connectivity index (χ0v) is 13.7. The molecule has 1 fully saturated rings. The van der Waals surface area contributed by atoms with Crippen molar-refractivity contribution in [2.75, 3.05) is 27.3 Å². The van der Waals surface area contributed by atoms with Gasteiger partial charge in [-0.3, -0.25) is 4.90 Å². The average molecular weight is 281 g/mol. The second-order valence-corrected chi connectivity index (χ2v) is 6.40. The van der Waals surface area contributed by atoms with Crippen molar-refractivity contribution in [2.45, 2.75) is 64.5 Å². The Morgan fingerprint density at radius 1 is 1.20 bits per heavy atom. The summed E-state index contributed by atoms with van der Waals surface area (Å²) in [6.45, 7) is 7.09. The quantitative estimate of drug-likeness (QED) is 0.768. The molecule has 2 rings (SSSR count). The first-order chi connectivity index (χ1) is 9.68. The van der Waals surface area contributed by atoms with E-state index in [0.717, 1.165) is 18.6 Å². The van der Waals surface area contributed by atoms with Gasteiger partial charge in [-0.15, -0.1) is 0 Å². The van der Waals surface area contributed by atoms with E-state index in [1.807, 2.05) is 7.11 Å². The van der Waals surface area contributed by atoms with Gasteiger partial charge in [-0.2, -0.15) is 0 Å². The van der Waals surface area contributed by atoms with Crippen molar-refractivity contribution in [2.24, 2.45) is 5.41 Å². The van der Waals surface area contributed by atoms with Crippen LogP contribution in [0.2, 0.25) is 0 Å². The molecule has 0 aromatic rings. The zero-order valence-electron chi connectivity index (χ0n) is 13.7. The van der Waals surface area contributed by atoms with Crippen molar-refractivity contribution in [1.82, 2.24) is 4.90 Å². The van der Waals surface area contributed by atoms with E-state index in [9.17, 15) is 0 Å². The summed E-state index contributed by atoms with van der Waals surface area (Å²) in [7, 11) is 3.63. The predicted molar refractivity (Wildman–Crippen MR) is 82.7 cm³/mol. The van der Waals surface area contributed by atoms with Crippen LogP contribution in [0.15, 0.2) is 11.8 Å². The molecule has 3 nitrogen and oxygen atoms in total. The number of rotatable bonds is 5. The molecule has 0 aromatic heterocycles. The van der Waals surface area contributed by atoms with Crippen molar-refractivity contribution in [3.8, 4) is 0 Å². The average Bonchev–Trinajstić information content (AvgIpc) is 2.54. The van der Waals surface area contributed by atoms with E-state index in [1.165, 1.54) is 38.8 Å². The molecule has 1 aliphatic heterocycles. The largest absolute Gasteiger partial charge is 0.500 e. The molecule has 0 saturated carbocycles. The highest BCUT2D eigenvalue weighted by molar-refractivity contribution is 5.10. The first-order valence-electron chi connectivity index (χ1n) is 8.19. The molecular formula is C17H31NO2. The summed E-state index contributed by atoms with van der Waals surface area (Å²) in [5.41, 5.74) is 0.586. The number of ether oxygens (including phenoxy) is 2. The van der Waals surface area contributed by atoms with Crippen molar-refractivity contribution in [3.05, 3.63) is 11.8 Å². The standard InChI is InChI=1S/C17H31NO2/c1-5-17(6-2)9-11-18(12-10-17)15-13-14(19-3)7-8-16(15)20-4/h8,14-15H,5-7,9-13H2,1-4H3. The van der Waals surface area contributed by atoms with Crippen molar-refractivity contribution < 1.29 is 9.47 Å². The lowest BCUT2D eigenvalue weighted by molar-refractivity contribution is 0.0141. The maximum Gasteiger partial charge on any atom is 0.109 e. The number of likely N-dealkylation sites (tertiary alicyclic amines) is 1. The second kappa shape index (κ2) is 6.95. The van der Waals surface area contributed by atoms with E-state index < -0.39 is 0 Å². The number of methoxy groups -OCH3 is 2. The highest BCUT2D eigenvalue weighted by atomic mass is 16.5. The monoisotopic (exact) mass is 281 g/mol. The maximum atomic E-state index is 5.62. The van der Waals surface area contributed by atoms with Gasteiger partial charge in [-0.05, 0) is 50.3 Å². The van der Waals surface area contributed by atoms with Gasteiger partial charge < -0.3 is 9.47 Å². The first-order valence-corrected chi connectivity index (χ1v) is 8.19. The Balaban J connectivity index is 2.01. The van der Waals surface area contributed by atoms with Crippen LogP contribution in [0.5, 0.6) is 0 Å². The van der Waals surface area contributed by atoms with Gasteiger partial charge in [0.15, 0.2) is 0 Å². The number of nitrogens with zero attached hydrogens (tertiary/aromatic N) is 1. The summed E-state index contributed by atoms with van der Waals surface area (Å²) < 4.78 is 11.2. The summed E-state index contributed by atoms with van der Waals surface area (Å²) >= 11 is 0. The molecule has 2 unspecified atom stereocenters. The molecule has 20 heavy (non-hydrogen) atoms. The normalized spacial score (nSPS) is 30.9. The highest BCUT2D eigenvalue weighted by Gasteiger charge is 2.36. The molecule has 1 saturated heterocycles. The third-order valence-corrected chi connectivity index (χ3v) is 5.77. The summed E-state index contributed by atoms with van der Waals surface area (Å²) in [5.74, 6) is 1.15. The third-order valence-electron chi connectivity index (χ3n) is 5.77. The van der Waals surface area contributed by atoms with E-state index >= 15 is 0 Å². The Morgan fingerprint density at radius 2 is 1.85 bits per heavy atom. The highest BCUT2D eigenvalue weighted by Crippen LogP contribution is 2.40. The summed E-state index contributed by atoms with van der Waals surface area (Å²) in [6, 6.07) is 0.422. The van der Waals surface area contributed by atoms with Crippen LogP contribution in [0.4, 0.5) is 0 Å². The second-order valence-electron chi connectivity index (χ2n) is 6.40. The van der Waals surface area contributed by atoms with Gasteiger partial charge >= 0.3 is 0 Å². The molecule has 1 aliphatic carbocycles. The zero-order chi connectivity index (χ0) is 14.6. The summed E-state index contributed by atoms with van der Waals surface area (Å²) in [5, 5.41) is 0. The maximum absolute atomic E-state index is 5.62. The van der Waals surface area contributed by atoms with E-state index in [2.05, 4.69) is 24.8 Å². The first kappa shape index (κ1) is 15.8. The molecule has 0 radical (unpaired) electrons. The smallest absolute Gasteiger partial charge is 0.109 e. The fraction of sp³-hybridized carbons (Fsp3) is 0.882. The molecule has 0 amide bonds. The molecule has 0 aromatic carbocycles. The Bertz CT molecular complexity index is 326. The van der Waals surface area contributed by atoms with Gasteiger partial charge in [0, 0.05) is 7.11 Å². The molecule has 1 heterocycles. The minimum absolute atomic E-state index is 0.350. The van der Waals surface area contributed by atoms with Crippen LogP contribution in [0, 0.1) is 5.41 Å². The molecule has 3 heteroatoms. The molecule has 0 spiro atoms. The minimum Gasteiger partial charge on any atom is -0.500 e. The van der Waals surface area contributed by atoms with Crippen LogP contribution >= 0.6 is 0 Å². The van der Waals surface area contributed by atoms with Gasteiger partial charge in [-0.1, -0.05) is 26.7 Å². The Hall–Kier alpha value is -0.540. The minimum atomic E-state index is 0.350. The summed E-state index contributed by atoms with van der Waals surface area (Å²) in [4.78, 5) is 2.62. The summed E-state index contributed by atoms with van der Waals surface area (Å²) in [6.07, 6.45) is 9.91. The van der Waals surface area contributed by atoms with Gasteiger partial charge in [0.2, 0.25) is 0 Å². The third kappa shape index (κ3) is 3.20. The topological polar surface area (TPSA) is 21.7 Å². The van der Waals surface area contributed by atoms with Gasteiger partial charge in [0.1, 0.15) is 5.76 Å². The molecule has 0 bridgehead atoms. The molecular weight excluding hydrogens is 250 g/mol. The van der Waals surface area contributed by atoms with Gasteiger partial charge in [0.25, 0.3) is 0 Å². The van der Waals surface area contributed by atoms with Crippen LogP contribution < -0.4 is 0 Å². The molecule has 2 aliphatic rings. The van der Waals surface area contributed by atoms with Gasteiger partial charge in [-0.25, -0.2) is 0 Å². The van der Waals surface area contributed by atoms with Crippen LogP contribution in [0.25, 0.3) is 0 Å². The van der Waals surface area contributed by atoms with Gasteiger partial charge in [0.05, 0.1) is 19.3 Å². The lowest BCUT2D eigenvalue weighted by Gasteiger charge is -2.45. The van der Waals surface area contributed by atoms with E-state index in [-0.39, 0.29) is 0 Å². The lowest BCUT2D eigenvalue weighted by Crippen LogP contribution is -2.48. The van der Waals surface area contributed by atoms with Crippen molar-refractivity contribution in [1.29, 1.82) is 0 Å². The molecule has 116 valence electrons. The van der Waals surface area contributed by atoms with E-state index in [4.69, 9.17) is 9.47 Å². The number of piperidine rings is 1.